The highest BCUT2D eigenvalue weighted by Crippen LogP contribution is 2.21. The van der Waals surface area contributed by atoms with Crippen molar-refractivity contribution in [3.8, 4) is 0 Å². The molecule has 0 unspecified atom stereocenters. The Kier molecular flexibility index (Phi) is 3.88. The first-order valence-corrected chi connectivity index (χ1v) is 5.75. The molecule has 0 amide bonds. The van der Waals surface area contributed by atoms with Gasteiger partial charge in [0, 0.05) is 29.3 Å². The first kappa shape index (κ1) is 12.5. The molecule has 0 N–H and O–H groups in total. The molecule has 0 saturated carbocycles. The molecule has 1 aliphatic rings. The molecule has 2 rings (SSSR count). The Bertz CT molecular complexity index is 455. The molecular weight excluding hydrogens is 236 g/mol. The minimum Gasteiger partial charge on any atom is -0.378 e. The lowest BCUT2D eigenvalue weighted by atomic mass is 10.1. The van der Waals surface area contributed by atoms with Crippen molar-refractivity contribution in [3.63, 3.8) is 0 Å². The molecule has 1 aromatic carbocycles. The average Bonchev–Trinajstić information content (AvgIpc) is 2.39. The number of nitro groups is 1. The van der Waals surface area contributed by atoms with Crippen LogP contribution in [0.2, 0.25) is 0 Å². The fraction of sp³-hybridized carbons (Fsp3) is 0.417. The first-order valence-electron chi connectivity index (χ1n) is 5.75. The van der Waals surface area contributed by atoms with E-state index in [9.17, 15) is 14.9 Å². The number of ketones is 1. The number of carbonyl (C=O) groups excluding carboxylic acids is 1. The number of hydrogen-bond donors (Lipinski definition) is 0. The van der Waals surface area contributed by atoms with Crippen LogP contribution in [-0.2, 0) is 4.74 Å². The molecule has 96 valence electrons. The van der Waals surface area contributed by atoms with Gasteiger partial charge >= 0.3 is 0 Å². The van der Waals surface area contributed by atoms with Crippen molar-refractivity contribution in [1.82, 2.24) is 0 Å². The summed E-state index contributed by atoms with van der Waals surface area (Å²) in [4.78, 5) is 23.7. The van der Waals surface area contributed by atoms with E-state index in [1.54, 1.807) is 12.1 Å². The second-order valence-corrected chi connectivity index (χ2v) is 4.03. The monoisotopic (exact) mass is 250 g/mol. The predicted octanol–water partition coefficient (Wildman–Crippen LogP) is 0.983. The number of rotatable bonds is 4. The van der Waals surface area contributed by atoms with Gasteiger partial charge in [-0.3, -0.25) is 14.9 Å². The number of hydrogen-bond acceptors (Lipinski definition) is 5. The lowest BCUT2D eigenvalue weighted by Crippen LogP contribution is -2.37. The third-order valence-electron chi connectivity index (χ3n) is 2.83. The summed E-state index contributed by atoms with van der Waals surface area (Å²) in [5.41, 5.74) is 1.17. The largest absolute Gasteiger partial charge is 0.378 e. The van der Waals surface area contributed by atoms with E-state index < -0.39 is 17.3 Å². The van der Waals surface area contributed by atoms with Crippen molar-refractivity contribution in [1.29, 1.82) is 0 Å². The normalized spacial score (nSPS) is 15.4. The topological polar surface area (TPSA) is 72.7 Å². The van der Waals surface area contributed by atoms with Crippen LogP contribution in [0.3, 0.4) is 0 Å². The zero-order valence-electron chi connectivity index (χ0n) is 9.87. The van der Waals surface area contributed by atoms with Crippen molar-refractivity contribution in [3.05, 3.63) is 39.9 Å². The molecule has 6 nitrogen and oxygen atoms in total. The molecule has 0 bridgehead atoms. The molecule has 0 aliphatic carbocycles. The van der Waals surface area contributed by atoms with Gasteiger partial charge in [0.1, 0.15) is 0 Å². The van der Waals surface area contributed by atoms with Gasteiger partial charge in [-0.15, -0.1) is 0 Å². The first-order chi connectivity index (χ1) is 8.68. The van der Waals surface area contributed by atoms with Gasteiger partial charge in [-0.25, -0.2) is 0 Å². The highest BCUT2D eigenvalue weighted by Gasteiger charge is 2.20. The van der Waals surface area contributed by atoms with E-state index in [2.05, 4.69) is 0 Å². The lowest BCUT2D eigenvalue weighted by molar-refractivity contribution is -0.465. The molecule has 18 heavy (non-hydrogen) atoms. The number of anilines is 1. The van der Waals surface area contributed by atoms with Gasteiger partial charge in [0.25, 0.3) is 6.54 Å². The van der Waals surface area contributed by atoms with E-state index in [4.69, 9.17) is 4.74 Å². The smallest absolute Gasteiger partial charge is 0.265 e. The standard InChI is InChI=1S/C12H14N2O4/c15-12(9-14(16)17)10-3-1-2-4-11(10)13-5-7-18-8-6-13/h1-4H,5-9H2. The summed E-state index contributed by atoms with van der Waals surface area (Å²) in [6.45, 7) is 1.95. The second-order valence-electron chi connectivity index (χ2n) is 4.03. The molecule has 1 fully saturated rings. The minimum absolute atomic E-state index is 0.413. The van der Waals surface area contributed by atoms with Crippen molar-refractivity contribution in [2.45, 2.75) is 0 Å². The Morgan fingerprint density at radius 2 is 2.00 bits per heavy atom. The molecule has 1 aliphatic heterocycles. The van der Waals surface area contributed by atoms with Gasteiger partial charge in [-0.2, -0.15) is 0 Å². The number of carbonyl (C=O) groups is 1. The Morgan fingerprint density at radius 1 is 1.33 bits per heavy atom. The van der Waals surface area contributed by atoms with E-state index in [0.29, 0.717) is 31.9 Å². The molecule has 1 aromatic rings. The molecule has 0 aromatic heterocycles. The van der Waals surface area contributed by atoms with Crippen LogP contribution < -0.4 is 4.90 Å². The Morgan fingerprint density at radius 3 is 2.67 bits per heavy atom. The number of Topliss-reactive ketones (excluding diaryl/α,β-unsaturated/α-hetero) is 1. The summed E-state index contributed by atoms with van der Waals surface area (Å²) in [6.07, 6.45) is 0. The Hall–Kier alpha value is -1.95. The number of morpholine rings is 1. The summed E-state index contributed by atoms with van der Waals surface area (Å²) < 4.78 is 5.25. The Balaban J connectivity index is 2.24. The van der Waals surface area contributed by atoms with E-state index >= 15 is 0 Å². The highest BCUT2D eigenvalue weighted by molar-refractivity contribution is 6.02. The van der Waals surface area contributed by atoms with Crippen molar-refractivity contribution < 1.29 is 14.5 Å². The predicted molar refractivity (Wildman–Crippen MR) is 65.7 cm³/mol. The van der Waals surface area contributed by atoms with Crippen LogP contribution in [0.5, 0.6) is 0 Å². The van der Waals surface area contributed by atoms with Gasteiger partial charge < -0.3 is 9.64 Å². The fourth-order valence-electron chi connectivity index (χ4n) is 1.99. The summed E-state index contributed by atoms with van der Waals surface area (Å²) in [7, 11) is 0. The number of para-hydroxylation sites is 1. The van der Waals surface area contributed by atoms with Crippen LogP contribution in [-0.4, -0.2) is 43.6 Å². The summed E-state index contributed by atoms with van der Waals surface area (Å²) >= 11 is 0. The zero-order valence-corrected chi connectivity index (χ0v) is 9.87. The quantitative estimate of drug-likeness (QED) is 0.452. The van der Waals surface area contributed by atoms with E-state index in [1.807, 2.05) is 17.0 Å². The summed E-state index contributed by atoms with van der Waals surface area (Å²) in [6, 6.07) is 7.00. The molecule has 0 spiro atoms. The van der Waals surface area contributed by atoms with Crippen LogP contribution in [0.1, 0.15) is 10.4 Å². The molecular formula is C12H14N2O4. The van der Waals surface area contributed by atoms with Crippen molar-refractivity contribution >= 4 is 11.5 Å². The van der Waals surface area contributed by atoms with Crippen LogP contribution in [0.4, 0.5) is 5.69 Å². The third-order valence-corrected chi connectivity index (χ3v) is 2.83. The Labute approximate surface area is 104 Å². The molecule has 1 saturated heterocycles. The maximum Gasteiger partial charge on any atom is 0.265 e. The van der Waals surface area contributed by atoms with Crippen molar-refractivity contribution in [2.75, 3.05) is 37.7 Å². The van der Waals surface area contributed by atoms with Gasteiger partial charge in [0.05, 0.1) is 13.2 Å². The summed E-state index contributed by atoms with van der Waals surface area (Å²) in [5, 5.41) is 10.4. The van der Waals surface area contributed by atoms with Crippen LogP contribution in [0.15, 0.2) is 24.3 Å². The van der Waals surface area contributed by atoms with Gasteiger partial charge in [0.15, 0.2) is 0 Å². The maximum atomic E-state index is 11.8. The van der Waals surface area contributed by atoms with E-state index in [-0.39, 0.29) is 0 Å². The van der Waals surface area contributed by atoms with Crippen LogP contribution in [0, 0.1) is 10.1 Å². The van der Waals surface area contributed by atoms with Gasteiger partial charge in [-0.05, 0) is 12.1 Å². The SMILES string of the molecule is O=C(C[N+](=O)[O-])c1ccccc1N1CCOCC1. The zero-order chi connectivity index (χ0) is 13.0. The van der Waals surface area contributed by atoms with Crippen LogP contribution in [0.25, 0.3) is 0 Å². The number of nitrogens with zero attached hydrogens (tertiary/aromatic N) is 2. The molecule has 0 atom stereocenters. The average molecular weight is 250 g/mol. The van der Waals surface area contributed by atoms with Gasteiger partial charge in [-0.1, -0.05) is 12.1 Å². The second kappa shape index (κ2) is 5.59. The summed E-state index contributed by atoms with van der Waals surface area (Å²) in [5.74, 6) is -0.456. The number of benzene rings is 1. The van der Waals surface area contributed by atoms with Crippen LogP contribution >= 0.6 is 0 Å². The lowest BCUT2D eigenvalue weighted by Gasteiger charge is -2.30. The fourth-order valence-corrected chi connectivity index (χ4v) is 1.99. The highest BCUT2D eigenvalue weighted by atomic mass is 16.6. The third kappa shape index (κ3) is 2.84. The molecule has 6 heteroatoms. The molecule has 0 radical (unpaired) electrons. The number of ether oxygens (including phenoxy) is 1. The minimum atomic E-state index is -0.665. The van der Waals surface area contributed by atoms with E-state index in [0.717, 1.165) is 5.69 Å². The van der Waals surface area contributed by atoms with E-state index in [1.165, 1.54) is 0 Å². The maximum absolute atomic E-state index is 11.8. The van der Waals surface area contributed by atoms with Crippen molar-refractivity contribution in [2.24, 2.45) is 0 Å². The molecule has 1 heterocycles. The van der Waals surface area contributed by atoms with Gasteiger partial charge in [0.2, 0.25) is 5.78 Å².